The SMILES string of the molecule is Cc1nc2ccc(NC(=O)C(N)C(C)C)cc2s1.Cl. The van der Waals surface area contributed by atoms with Crippen LogP contribution in [0, 0.1) is 12.8 Å². The van der Waals surface area contributed by atoms with Gasteiger partial charge in [-0.05, 0) is 31.0 Å². The van der Waals surface area contributed by atoms with Crippen LogP contribution in [0.4, 0.5) is 5.69 Å². The second-order valence-corrected chi connectivity index (χ2v) is 5.91. The zero-order valence-electron chi connectivity index (χ0n) is 11.1. The van der Waals surface area contributed by atoms with Crippen molar-refractivity contribution in [2.75, 3.05) is 5.32 Å². The molecule has 19 heavy (non-hydrogen) atoms. The number of hydrogen-bond donors (Lipinski definition) is 2. The summed E-state index contributed by atoms with van der Waals surface area (Å²) in [4.78, 5) is 16.2. The summed E-state index contributed by atoms with van der Waals surface area (Å²) in [6.45, 7) is 5.83. The quantitative estimate of drug-likeness (QED) is 0.915. The van der Waals surface area contributed by atoms with Crippen molar-refractivity contribution in [2.24, 2.45) is 11.7 Å². The molecule has 1 aromatic heterocycles. The minimum Gasteiger partial charge on any atom is -0.325 e. The van der Waals surface area contributed by atoms with Gasteiger partial charge in [-0.25, -0.2) is 4.98 Å². The first kappa shape index (κ1) is 15.9. The summed E-state index contributed by atoms with van der Waals surface area (Å²) in [5.74, 6) is -0.0232. The molecule has 1 aromatic carbocycles. The number of hydrogen-bond acceptors (Lipinski definition) is 4. The first-order valence-electron chi connectivity index (χ1n) is 5.91. The molecule has 6 heteroatoms. The Kier molecular flexibility index (Phi) is 5.29. The van der Waals surface area contributed by atoms with Crippen LogP contribution in [0.3, 0.4) is 0 Å². The van der Waals surface area contributed by atoms with Crippen LogP contribution in [0.5, 0.6) is 0 Å². The lowest BCUT2D eigenvalue weighted by Crippen LogP contribution is -2.39. The molecule has 4 nitrogen and oxygen atoms in total. The number of nitrogens with zero attached hydrogens (tertiary/aromatic N) is 1. The predicted molar refractivity (Wildman–Crippen MR) is 83.0 cm³/mol. The van der Waals surface area contributed by atoms with Crippen LogP contribution >= 0.6 is 23.7 Å². The van der Waals surface area contributed by atoms with Crippen molar-refractivity contribution in [1.29, 1.82) is 0 Å². The van der Waals surface area contributed by atoms with E-state index >= 15 is 0 Å². The number of amides is 1. The van der Waals surface area contributed by atoms with Crippen molar-refractivity contribution >= 4 is 45.6 Å². The van der Waals surface area contributed by atoms with Gasteiger partial charge in [0.1, 0.15) is 0 Å². The molecule has 104 valence electrons. The molecular formula is C13H18ClN3OS. The topological polar surface area (TPSA) is 68.0 Å². The highest BCUT2D eigenvalue weighted by atomic mass is 35.5. The fourth-order valence-electron chi connectivity index (χ4n) is 1.65. The summed E-state index contributed by atoms with van der Waals surface area (Å²) in [5, 5.41) is 3.86. The fourth-order valence-corrected chi connectivity index (χ4v) is 2.51. The number of halogens is 1. The normalized spacial score (nSPS) is 12.3. The molecule has 1 unspecified atom stereocenters. The Labute approximate surface area is 122 Å². The van der Waals surface area contributed by atoms with Crippen LogP contribution in [0.25, 0.3) is 10.2 Å². The van der Waals surface area contributed by atoms with E-state index in [2.05, 4.69) is 10.3 Å². The smallest absolute Gasteiger partial charge is 0.241 e. The number of benzene rings is 1. The van der Waals surface area contributed by atoms with Crippen molar-refractivity contribution in [3.05, 3.63) is 23.2 Å². The molecule has 1 amide bonds. The van der Waals surface area contributed by atoms with Crippen LogP contribution in [-0.2, 0) is 4.79 Å². The van der Waals surface area contributed by atoms with E-state index in [9.17, 15) is 4.79 Å². The Balaban J connectivity index is 0.00000180. The van der Waals surface area contributed by atoms with Crippen molar-refractivity contribution in [3.8, 4) is 0 Å². The van der Waals surface area contributed by atoms with E-state index in [-0.39, 0.29) is 24.2 Å². The van der Waals surface area contributed by atoms with Crippen LogP contribution in [0.2, 0.25) is 0 Å². The van der Waals surface area contributed by atoms with Gasteiger partial charge >= 0.3 is 0 Å². The van der Waals surface area contributed by atoms with Gasteiger partial charge in [-0.1, -0.05) is 13.8 Å². The number of aryl methyl sites for hydroxylation is 1. The first-order valence-corrected chi connectivity index (χ1v) is 6.72. The van der Waals surface area contributed by atoms with Gasteiger partial charge in [0.05, 0.1) is 21.3 Å². The lowest BCUT2D eigenvalue weighted by atomic mass is 10.1. The largest absolute Gasteiger partial charge is 0.325 e. The summed E-state index contributed by atoms with van der Waals surface area (Å²) in [7, 11) is 0. The molecule has 0 saturated carbocycles. The van der Waals surface area contributed by atoms with Crippen molar-refractivity contribution < 1.29 is 4.79 Å². The summed E-state index contributed by atoms with van der Waals surface area (Å²) in [6, 6.07) is 5.22. The lowest BCUT2D eigenvalue weighted by molar-refractivity contribution is -0.118. The monoisotopic (exact) mass is 299 g/mol. The van der Waals surface area contributed by atoms with E-state index in [0.29, 0.717) is 0 Å². The third-order valence-electron chi connectivity index (χ3n) is 2.78. The van der Waals surface area contributed by atoms with Gasteiger partial charge in [0.25, 0.3) is 0 Å². The van der Waals surface area contributed by atoms with Gasteiger partial charge in [-0.2, -0.15) is 0 Å². The zero-order chi connectivity index (χ0) is 13.3. The molecule has 2 rings (SSSR count). The molecule has 0 aliphatic rings. The standard InChI is InChI=1S/C13H17N3OS.ClH/c1-7(2)12(14)13(17)16-9-4-5-10-11(6-9)18-8(3)15-10;/h4-7,12H,14H2,1-3H3,(H,16,17);1H. The Morgan fingerprint density at radius 1 is 1.42 bits per heavy atom. The molecule has 0 aliphatic carbocycles. The number of rotatable bonds is 3. The molecule has 2 aromatic rings. The second kappa shape index (κ2) is 6.32. The molecular weight excluding hydrogens is 282 g/mol. The van der Waals surface area contributed by atoms with E-state index in [4.69, 9.17) is 5.73 Å². The number of nitrogens with two attached hydrogens (primary N) is 1. The van der Waals surface area contributed by atoms with E-state index in [1.807, 2.05) is 39.0 Å². The minimum atomic E-state index is -0.483. The number of thiazole rings is 1. The number of nitrogens with one attached hydrogen (secondary N) is 1. The average molecular weight is 300 g/mol. The molecule has 0 fully saturated rings. The number of carbonyl (C=O) groups excluding carboxylic acids is 1. The minimum absolute atomic E-state index is 0. The maximum atomic E-state index is 11.8. The number of carbonyl (C=O) groups is 1. The maximum Gasteiger partial charge on any atom is 0.241 e. The molecule has 0 aliphatic heterocycles. The molecule has 0 radical (unpaired) electrons. The maximum absolute atomic E-state index is 11.8. The summed E-state index contributed by atoms with van der Waals surface area (Å²) < 4.78 is 1.07. The predicted octanol–water partition coefficient (Wildman–Crippen LogP) is 2.95. The van der Waals surface area contributed by atoms with Crippen molar-refractivity contribution in [1.82, 2.24) is 4.98 Å². The molecule has 0 saturated heterocycles. The third-order valence-corrected chi connectivity index (χ3v) is 3.72. The average Bonchev–Trinajstić information content (AvgIpc) is 2.67. The van der Waals surface area contributed by atoms with E-state index < -0.39 is 6.04 Å². The molecule has 0 bridgehead atoms. The Morgan fingerprint density at radius 2 is 2.11 bits per heavy atom. The van der Waals surface area contributed by atoms with Crippen LogP contribution in [-0.4, -0.2) is 16.9 Å². The van der Waals surface area contributed by atoms with Gasteiger partial charge in [0.15, 0.2) is 0 Å². The fraction of sp³-hybridized carbons (Fsp3) is 0.385. The van der Waals surface area contributed by atoms with Gasteiger partial charge in [0.2, 0.25) is 5.91 Å². The highest BCUT2D eigenvalue weighted by Crippen LogP contribution is 2.24. The second-order valence-electron chi connectivity index (χ2n) is 4.67. The highest BCUT2D eigenvalue weighted by Gasteiger charge is 2.17. The van der Waals surface area contributed by atoms with Crippen LogP contribution < -0.4 is 11.1 Å². The van der Waals surface area contributed by atoms with Gasteiger partial charge in [0, 0.05) is 5.69 Å². The van der Waals surface area contributed by atoms with Crippen molar-refractivity contribution in [3.63, 3.8) is 0 Å². The van der Waals surface area contributed by atoms with E-state index in [1.54, 1.807) is 11.3 Å². The van der Waals surface area contributed by atoms with E-state index in [0.717, 1.165) is 20.9 Å². The molecule has 0 spiro atoms. The number of aromatic nitrogens is 1. The zero-order valence-corrected chi connectivity index (χ0v) is 12.8. The third kappa shape index (κ3) is 3.65. The molecule has 1 atom stereocenters. The first-order chi connectivity index (χ1) is 8.47. The van der Waals surface area contributed by atoms with Gasteiger partial charge in [-0.15, -0.1) is 23.7 Å². The Hall–Kier alpha value is -1.17. The molecule has 1 heterocycles. The molecule has 3 N–H and O–H groups in total. The Morgan fingerprint density at radius 3 is 2.74 bits per heavy atom. The number of anilines is 1. The highest BCUT2D eigenvalue weighted by molar-refractivity contribution is 7.18. The van der Waals surface area contributed by atoms with Crippen molar-refractivity contribution in [2.45, 2.75) is 26.8 Å². The van der Waals surface area contributed by atoms with Crippen LogP contribution in [0.15, 0.2) is 18.2 Å². The number of fused-ring (bicyclic) bond motifs is 1. The van der Waals surface area contributed by atoms with Crippen LogP contribution in [0.1, 0.15) is 18.9 Å². The van der Waals surface area contributed by atoms with E-state index in [1.165, 1.54) is 0 Å². The summed E-state index contributed by atoms with van der Waals surface area (Å²) in [5.41, 5.74) is 7.54. The summed E-state index contributed by atoms with van der Waals surface area (Å²) in [6.07, 6.45) is 0. The summed E-state index contributed by atoms with van der Waals surface area (Å²) >= 11 is 1.61. The Bertz CT molecular complexity index is 582. The lowest BCUT2D eigenvalue weighted by Gasteiger charge is -2.15. The van der Waals surface area contributed by atoms with Gasteiger partial charge < -0.3 is 11.1 Å². The van der Waals surface area contributed by atoms with Gasteiger partial charge in [-0.3, -0.25) is 4.79 Å².